The van der Waals surface area contributed by atoms with Gasteiger partial charge in [-0.2, -0.15) is 0 Å². The molecule has 1 aromatic carbocycles. The molecular weight excluding hydrogens is 298 g/mol. The second kappa shape index (κ2) is 7.62. The summed E-state index contributed by atoms with van der Waals surface area (Å²) in [6, 6.07) is 10.7. The van der Waals surface area contributed by atoms with Crippen molar-refractivity contribution in [1.82, 2.24) is 14.9 Å². The summed E-state index contributed by atoms with van der Waals surface area (Å²) in [7, 11) is 0. The van der Waals surface area contributed by atoms with Crippen LogP contribution in [0.2, 0.25) is 0 Å². The Labute approximate surface area is 144 Å². The zero-order valence-electron chi connectivity index (χ0n) is 14.9. The highest BCUT2D eigenvalue weighted by Gasteiger charge is 2.17. The Hall–Kier alpha value is -2.14. The molecule has 3 rings (SSSR count). The van der Waals surface area contributed by atoms with Crippen LogP contribution in [0.3, 0.4) is 0 Å². The van der Waals surface area contributed by atoms with Gasteiger partial charge < -0.3 is 15.1 Å². The minimum atomic E-state index is 0.778. The molecule has 1 N–H and O–H groups in total. The average Bonchev–Trinajstić information content (AvgIpc) is 2.61. The molecule has 5 heteroatoms. The Bertz CT molecular complexity index is 660. The summed E-state index contributed by atoms with van der Waals surface area (Å²) in [4.78, 5) is 14.0. The second-order valence-electron chi connectivity index (χ2n) is 6.42. The fraction of sp³-hybridized carbons (Fsp3) is 0.474. The van der Waals surface area contributed by atoms with Gasteiger partial charge in [-0.05, 0) is 26.0 Å². The van der Waals surface area contributed by atoms with Crippen LogP contribution in [0.5, 0.6) is 0 Å². The fourth-order valence-corrected chi connectivity index (χ4v) is 3.00. The maximum absolute atomic E-state index is 4.63. The quantitative estimate of drug-likeness (QED) is 0.916. The van der Waals surface area contributed by atoms with E-state index in [2.05, 4.69) is 69.3 Å². The van der Waals surface area contributed by atoms with Gasteiger partial charge in [-0.15, -0.1) is 0 Å². The Morgan fingerprint density at radius 2 is 1.71 bits per heavy atom. The van der Waals surface area contributed by atoms with E-state index in [1.165, 1.54) is 11.1 Å². The summed E-state index contributed by atoms with van der Waals surface area (Å²) >= 11 is 0. The van der Waals surface area contributed by atoms with E-state index < -0.39 is 0 Å². The van der Waals surface area contributed by atoms with Crippen molar-refractivity contribution >= 4 is 11.6 Å². The monoisotopic (exact) mass is 325 g/mol. The highest BCUT2D eigenvalue weighted by Crippen LogP contribution is 2.18. The van der Waals surface area contributed by atoms with E-state index in [1.807, 2.05) is 6.92 Å². The van der Waals surface area contributed by atoms with Gasteiger partial charge in [0.15, 0.2) is 0 Å². The van der Waals surface area contributed by atoms with Crippen molar-refractivity contribution in [1.29, 1.82) is 0 Å². The van der Waals surface area contributed by atoms with Crippen molar-refractivity contribution < 1.29 is 0 Å². The molecule has 0 unspecified atom stereocenters. The van der Waals surface area contributed by atoms with Crippen LogP contribution >= 0.6 is 0 Å². The van der Waals surface area contributed by atoms with E-state index in [9.17, 15) is 0 Å². The Balaban J connectivity index is 1.66. The molecule has 1 saturated heterocycles. The van der Waals surface area contributed by atoms with E-state index in [4.69, 9.17) is 0 Å². The van der Waals surface area contributed by atoms with Gasteiger partial charge in [0.1, 0.15) is 17.5 Å². The summed E-state index contributed by atoms with van der Waals surface area (Å²) < 4.78 is 0. The summed E-state index contributed by atoms with van der Waals surface area (Å²) in [5.41, 5.74) is 2.54. The van der Waals surface area contributed by atoms with Gasteiger partial charge >= 0.3 is 0 Å². The van der Waals surface area contributed by atoms with E-state index in [0.29, 0.717) is 0 Å². The number of hydrogen-bond donors (Lipinski definition) is 1. The number of benzene rings is 1. The van der Waals surface area contributed by atoms with Crippen molar-refractivity contribution in [3.05, 3.63) is 47.3 Å². The summed E-state index contributed by atoms with van der Waals surface area (Å²) in [5, 5.41) is 3.43. The van der Waals surface area contributed by atoms with Crippen molar-refractivity contribution in [3.8, 4) is 0 Å². The SMILES string of the molecule is CCN1CCN(c2cc(NCc3ccc(C)cc3)nc(C)n2)CC1. The van der Waals surface area contributed by atoms with Crippen molar-refractivity contribution in [2.24, 2.45) is 0 Å². The van der Waals surface area contributed by atoms with Gasteiger partial charge in [0.2, 0.25) is 0 Å². The lowest BCUT2D eigenvalue weighted by molar-refractivity contribution is 0.270. The van der Waals surface area contributed by atoms with Crippen molar-refractivity contribution in [2.75, 3.05) is 42.9 Å². The second-order valence-corrected chi connectivity index (χ2v) is 6.42. The molecule has 0 aliphatic carbocycles. The van der Waals surface area contributed by atoms with Crippen LogP contribution in [0.4, 0.5) is 11.6 Å². The molecule has 1 aliphatic heterocycles. The zero-order chi connectivity index (χ0) is 16.9. The summed E-state index contributed by atoms with van der Waals surface area (Å²) in [6.07, 6.45) is 0. The minimum absolute atomic E-state index is 0.778. The number of hydrogen-bond acceptors (Lipinski definition) is 5. The molecule has 0 radical (unpaired) electrons. The Morgan fingerprint density at radius 1 is 1.00 bits per heavy atom. The number of piperazine rings is 1. The summed E-state index contributed by atoms with van der Waals surface area (Å²) in [5.74, 6) is 2.75. The summed E-state index contributed by atoms with van der Waals surface area (Å²) in [6.45, 7) is 12.5. The number of nitrogens with one attached hydrogen (secondary N) is 1. The van der Waals surface area contributed by atoms with Gasteiger partial charge in [0.25, 0.3) is 0 Å². The lowest BCUT2D eigenvalue weighted by Crippen LogP contribution is -2.46. The fourth-order valence-electron chi connectivity index (χ4n) is 3.00. The first-order valence-electron chi connectivity index (χ1n) is 8.76. The smallest absolute Gasteiger partial charge is 0.134 e. The lowest BCUT2D eigenvalue weighted by Gasteiger charge is -2.34. The van der Waals surface area contributed by atoms with E-state index in [-0.39, 0.29) is 0 Å². The molecular formula is C19H27N5. The van der Waals surface area contributed by atoms with Gasteiger partial charge in [-0.25, -0.2) is 9.97 Å². The van der Waals surface area contributed by atoms with Crippen LogP contribution in [-0.2, 0) is 6.54 Å². The third kappa shape index (κ3) is 4.23. The number of nitrogens with zero attached hydrogens (tertiary/aromatic N) is 4. The minimum Gasteiger partial charge on any atom is -0.366 e. The maximum atomic E-state index is 4.63. The standard InChI is InChI=1S/C19H27N5/c1-4-23-9-11-24(12-10-23)19-13-18(21-16(3)22-19)20-14-17-7-5-15(2)6-8-17/h5-8,13H,4,9-12,14H2,1-3H3,(H,20,21,22). The first kappa shape index (κ1) is 16.7. The molecule has 24 heavy (non-hydrogen) atoms. The van der Waals surface area contributed by atoms with Crippen LogP contribution in [0.15, 0.2) is 30.3 Å². The van der Waals surface area contributed by atoms with Crippen LogP contribution < -0.4 is 10.2 Å². The van der Waals surface area contributed by atoms with E-state index >= 15 is 0 Å². The van der Waals surface area contributed by atoms with Gasteiger partial charge in [-0.1, -0.05) is 36.8 Å². The predicted octanol–water partition coefficient (Wildman–Crippen LogP) is 2.85. The molecule has 0 bridgehead atoms. The average molecular weight is 325 g/mol. The molecule has 5 nitrogen and oxygen atoms in total. The van der Waals surface area contributed by atoms with Crippen LogP contribution in [0, 0.1) is 13.8 Å². The first-order valence-corrected chi connectivity index (χ1v) is 8.76. The number of anilines is 2. The van der Waals surface area contributed by atoms with E-state index in [1.54, 1.807) is 0 Å². The van der Waals surface area contributed by atoms with Crippen molar-refractivity contribution in [2.45, 2.75) is 27.3 Å². The molecule has 1 aliphatic rings. The molecule has 0 saturated carbocycles. The normalized spacial score (nSPS) is 15.5. The zero-order valence-corrected chi connectivity index (χ0v) is 14.9. The molecule has 1 aromatic heterocycles. The third-order valence-electron chi connectivity index (χ3n) is 4.56. The van der Waals surface area contributed by atoms with Gasteiger partial charge in [-0.3, -0.25) is 0 Å². The molecule has 2 heterocycles. The maximum Gasteiger partial charge on any atom is 0.134 e. The Morgan fingerprint density at radius 3 is 2.38 bits per heavy atom. The number of likely N-dealkylation sites (N-methyl/N-ethyl adjacent to an activating group) is 1. The molecule has 2 aromatic rings. The first-order chi connectivity index (χ1) is 11.6. The largest absolute Gasteiger partial charge is 0.366 e. The van der Waals surface area contributed by atoms with Gasteiger partial charge in [0, 0.05) is 38.8 Å². The molecule has 128 valence electrons. The van der Waals surface area contributed by atoms with Crippen LogP contribution in [-0.4, -0.2) is 47.6 Å². The number of aryl methyl sites for hydroxylation is 2. The number of rotatable bonds is 5. The van der Waals surface area contributed by atoms with Gasteiger partial charge in [0.05, 0.1) is 0 Å². The molecule has 0 amide bonds. The van der Waals surface area contributed by atoms with Crippen LogP contribution in [0.1, 0.15) is 23.9 Å². The Kier molecular flexibility index (Phi) is 5.30. The van der Waals surface area contributed by atoms with E-state index in [0.717, 1.165) is 56.7 Å². The number of aromatic nitrogens is 2. The predicted molar refractivity (Wildman–Crippen MR) is 99.6 cm³/mol. The molecule has 0 spiro atoms. The molecule has 1 fully saturated rings. The highest BCUT2D eigenvalue weighted by molar-refractivity contribution is 5.50. The topological polar surface area (TPSA) is 44.3 Å². The lowest BCUT2D eigenvalue weighted by atomic mass is 10.1. The third-order valence-corrected chi connectivity index (χ3v) is 4.56. The van der Waals surface area contributed by atoms with Crippen LogP contribution in [0.25, 0.3) is 0 Å². The highest BCUT2D eigenvalue weighted by atomic mass is 15.3. The van der Waals surface area contributed by atoms with Crippen molar-refractivity contribution in [3.63, 3.8) is 0 Å². The molecule has 0 atom stereocenters.